The first kappa shape index (κ1) is 20.6. The van der Waals surface area contributed by atoms with Crippen LogP contribution in [-0.4, -0.2) is 63.3 Å². The number of methoxy groups -OCH3 is 4. The first-order valence-corrected chi connectivity index (χ1v) is 8.07. The number of aliphatic hydroxyl groups is 1. The van der Waals surface area contributed by atoms with Crippen LogP contribution in [0.15, 0.2) is 24.3 Å². The summed E-state index contributed by atoms with van der Waals surface area (Å²) in [5.41, 5.74) is -1.41. The van der Waals surface area contributed by atoms with Crippen LogP contribution in [0.4, 0.5) is 0 Å². The normalized spacial score (nSPS) is 32.7. The summed E-state index contributed by atoms with van der Waals surface area (Å²) in [5, 5.41) is 11.0. The van der Waals surface area contributed by atoms with Crippen molar-refractivity contribution in [3.8, 4) is 5.75 Å². The van der Waals surface area contributed by atoms with Crippen LogP contribution < -0.4 is 4.74 Å². The molecule has 0 unspecified atom stereocenters. The lowest BCUT2D eigenvalue weighted by molar-refractivity contribution is -0.453. The first-order valence-electron chi connectivity index (χ1n) is 8.07. The molecule has 1 N–H and O–H groups in total. The molecule has 0 aromatic heterocycles. The molecule has 1 saturated heterocycles. The third kappa shape index (κ3) is 3.19. The summed E-state index contributed by atoms with van der Waals surface area (Å²) in [5.74, 6) is -2.95. The van der Waals surface area contributed by atoms with Gasteiger partial charge in [-0.05, 0) is 31.5 Å². The summed E-state index contributed by atoms with van der Waals surface area (Å²) in [4.78, 5) is 12.6. The largest absolute Gasteiger partial charge is 0.497 e. The number of aliphatic hydroxyl groups excluding tert-OH is 1. The number of carbonyl (C=O) groups is 1. The molecular formula is C18H26O8. The third-order valence-corrected chi connectivity index (χ3v) is 4.95. The number of ether oxygens (including phenoxy) is 6. The maximum absolute atomic E-state index is 12.6. The topological polar surface area (TPSA) is 92.7 Å². The number of rotatable bonds is 6. The molecule has 0 radical (unpaired) electrons. The molecule has 2 rings (SSSR count). The third-order valence-electron chi connectivity index (χ3n) is 4.95. The quantitative estimate of drug-likeness (QED) is 0.752. The molecule has 0 saturated carbocycles. The van der Waals surface area contributed by atoms with E-state index in [0.29, 0.717) is 11.3 Å². The highest BCUT2D eigenvalue weighted by atomic mass is 16.8. The summed E-state index contributed by atoms with van der Waals surface area (Å²) in [6.07, 6.45) is -1.38. The van der Waals surface area contributed by atoms with E-state index in [0.717, 1.165) is 0 Å². The second-order valence-corrected chi connectivity index (χ2v) is 6.25. The molecule has 1 aromatic rings. The van der Waals surface area contributed by atoms with Crippen LogP contribution >= 0.6 is 0 Å². The van der Waals surface area contributed by atoms with Gasteiger partial charge in [-0.3, -0.25) is 0 Å². The van der Waals surface area contributed by atoms with Crippen molar-refractivity contribution in [3.05, 3.63) is 29.8 Å². The van der Waals surface area contributed by atoms with E-state index in [9.17, 15) is 9.90 Å². The smallest absolute Gasteiger partial charge is 0.343 e. The van der Waals surface area contributed by atoms with Crippen molar-refractivity contribution in [1.29, 1.82) is 0 Å². The lowest BCUT2D eigenvalue weighted by atomic mass is 9.88. The number of hydrogen-bond acceptors (Lipinski definition) is 8. The Kier molecular flexibility index (Phi) is 5.94. The monoisotopic (exact) mass is 370 g/mol. The second kappa shape index (κ2) is 7.50. The van der Waals surface area contributed by atoms with Crippen molar-refractivity contribution >= 4 is 5.97 Å². The average molecular weight is 370 g/mol. The summed E-state index contributed by atoms with van der Waals surface area (Å²) < 4.78 is 32.6. The molecule has 146 valence electrons. The van der Waals surface area contributed by atoms with Crippen LogP contribution in [0.2, 0.25) is 0 Å². The second-order valence-electron chi connectivity index (χ2n) is 6.25. The summed E-state index contributed by atoms with van der Waals surface area (Å²) in [6, 6.07) is 6.60. The van der Waals surface area contributed by atoms with Crippen LogP contribution in [0.1, 0.15) is 25.5 Å². The number of benzene rings is 1. The Morgan fingerprint density at radius 1 is 1.08 bits per heavy atom. The lowest BCUT2D eigenvalue weighted by Crippen LogP contribution is -2.70. The van der Waals surface area contributed by atoms with E-state index in [4.69, 9.17) is 28.4 Å². The Labute approximate surface area is 152 Å². The van der Waals surface area contributed by atoms with E-state index >= 15 is 0 Å². The molecule has 1 aromatic carbocycles. The molecule has 0 amide bonds. The predicted octanol–water partition coefficient (Wildman–Crippen LogP) is 1.41. The molecule has 1 aliphatic heterocycles. The fourth-order valence-electron chi connectivity index (χ4n) is 2.89. The van der Waals surface area contributed by atoms with Gasteiger partial charge in [0.25, 0.3) is 0 Å². The summed E-state index contributed by atoms with van der Waals surface area (Å²) in [6.45, 7) is 2.89. The number of carbonyl (C=O) groups excluding carboxylic acids is 1. The fraction of sp³-hybridized carbons (Fsp3) is 0.611. The summed E-state index contributed by atoms with van der Waals surface area (Å²) >= 11 is 0. The van der Waals surface area contributed by atoms with Gasteiger partial charge in [-0.2, -0.15) is 0 Å². The minimum absolute atomic E-state index is 0.295. The minimum Gasteiger partial charge on any atom is -0.497 e. The standard InChI is InChI=1S/C18H26O8/c1-16(23-5)17(2,24-6)26-18(11-25-16,15(20)22-4)14(19)12-7-9-13(21-3)10-8-12/h7-10,14,19H,11H2,1-6H3/t14-,16-,17-,18-/m1/s1. The zero-order valence-corrected chi connectivity index (χ0v) is 15.9. The van der Waals surface area contributed by atoms with Crippen molar-refractivity contribution in [2.24, 2.45) is 0 Å². The average Bonchev–Trinajstić information content (AvgIpc) is 2.69. The maximum Gasteiger partial charge on any atom is 0.343 e. The molecule has 0 aliphatic carbocycles. The molecule has 8 heteroatoms. The van der Waals surface area contributed by atoms with E-state index in [1.54, 1.807) is 38.1 Å². The van der Waals surface area contributed by atoms with Crippen molar-refractivity contribution in [2.75, 3.05) is 35.0 Å². The van der Waals surface area contributed by atoms with Crippen molar-refractivity contribution < 1.29 is 38.3 Å². The van der Waals surface area contributed by atoms with Crippen LogP contribution in [0, 0.1) is 0 Å². The predicted molar refractivity (Wildman–Crippen MR) is 90.6 cm³/mol. The molecule has 1 aliphatic rings. The van der Waals surface area contributed by atoms with Gasteiger partial charge in [0.05, 0.1) is 20.8 Å². The Balaban J connectivity index is 2.47. The molecular weight excluding hydrogens is 344 g/mol. The molecule has 1 fully saturated rings. The van der Waals surface area contributed by atoms with Crippen molar-refractivity contribution in [1.82, 2.24) is 0 Å². The first-order chi connectivity index (χ1) is 12.2. The zero-order chi connectivity index (χ0) is 19.6. The highest BCUT2D eigenvalue weighted by Gasteiger charge is 2.64. The Morgan fingerprint density at radius 3 is 2.12 bits per heavy atom. The molecule has 0 bridgehead atoms. The molecule has 8 nitrogen and oxygen atoms in total. The number of esters is 1. The summed E-state index contributed by atoms with van der Waals surface area (Å²) in [7, 11) is 5.58. The highest BCUT2D eigenvalue weighted by Crippen LogP contribution is 2.45. The lowest BCUT2D eigenvalue weighted by Gasteiger charge is -2.53. The van der Waals surface area contributed by atoms with E-state index in [-0.39, 0.29) is 6.61 Å². The zero-order valence-electron chi connectivity index (χ0n) is 15.9. The van der Waals surface area contributed by atoms with Gasteiger partial charge >= 0.3 is 5.97 Å². The van der Waals surface area contributed by atoms with Crippen LogP contribution in [0.3, 0.4) is 0 Å². The van der Waals surface area contributed by atoms with Gasteiger partial charge in [0, 0.05) is 14.2 Å². The fourth-order valence-corrected chi connectivity index (χ4v) is 2.89. The van der Waals surface area contributed by atoms with Gasteiger partial charge < -0.3 is 33.5 Å². The van der Waals surface area contributed by atoms with Gasteiger partial charge in [-0.15, -0.1) is 0 Å². The highest BCUT2D eigenvalue weighted by molar-refractivity contribution is 5.81. The molecule has 4 atom stereocenters. The van der Waals surface area contributed by atoms with Gasteiger partial charge in [-0.25, -0.2) is 4.79 Å². The van der Waals surface area contributed by atoms with Crippen LogP contribution in [0.5, 0.6) is 5.75 Å². The van der Waals surface area contributed by atoms with Crippen molar-refractivity contribution in [2.45, 2.75) is 37.1 Å². The van der Waals surface area contributed by atoms with Crippen LogP contribution in [-0.2, 0) is 28.5 Å². The Morgan fingerprint density at radius 2 is 1.65 bits per heavy atom. The van der Waals surface area contributed by atoms with E-state index in [2.05, 4.69) is 0 Å². The van der Waals surface area contributed by atoms with Gasteiger partial charge in [0.1, 0.15) is 11.9 Å². The molecule has 26 heavy (non-hydrogen) atoms. The SMILES string of the molecule is COC(=O)[C@]1([C@H](O)c2ccc(OC)cc2)CO[C@@](C)(OC)[C@](C)(OC)O1. The number of hydrogen-bond donors (Lipinski definition) is 1. The Bertz CT molecular complexity index is 633. The minimum atomic E-state index is -1.84. The van der Waals surface area contributed by atoms with E-state index in [1.165, 1.54) is 28.4 Å². The molecule has 1 heterocycles. The van der Waals surface area contributed by atoms with Gasteiger partial charge in [0.2, 0.25) is 17.2 Å². The maximum atomic E-state index is 12.6. The van der Waals surface area contributed by atoms with E-state index in [1.807, 2.05) is 0 Å². The van der Waals surface area contributed by atoms with Crippen LogP contribution in [0.25, 0.3) is 0 Å². The Hall–Kier alpha value is -1.71. The van der Waals surface area contributed by atoms with E-state index < -0.39 is 29.2 Å². The van der Waals surface area contributed by atoms with Gasteiger partial charge in [0.15, 0.2) is 0 Å². The van der Waals surface area contributed by atoms with Gasteiger partial charge in [-0.1, -0.05) is 12.1 Å². The molecule has 0 spiro atoms. The van der Waals surface area contributed by atoms with Crippen molar-refractivity contribution in [3.63, 3.8) is 0 Å².